The number of ether oxygens (including phenoxy) is 1. The van der Waals surface area contributed by atoms with Gasteiger partial charge >= 0.3 is 5.97 Å². The summed E-state index contributed by atoms with van der Waals surface area (Å²) in [6.07, 6.45) is 11.4. The fourth-order valence-electron chi connectivity index (χ4n) is 1.27. The van der Waals surface area contributed by atoms with Crippen molar-refractivity contribution < 1.29 is 9.53 Å². The van der Waals surface area contributed by atoms with Crippen molar-refractivity contribution in [2.75, 3.05) is 6.61 Å². The second-order valence-corrected chi connectivity index (χ2v) is 3.77. The number of rotatable bonds is 9. The largest absolute Gasteiger partial charge is 0.463 e. The van der Waals surface area contributed by atoms with Crippen molar-refractivity contribution in [1.82, 2.24) is 0 Å². The summed E-state index contributed by atoms with van der Waals surface area (Å²) in [5, 5.41) is 0. The van der Waals surface area contributed by atoms with Crippen LogP contribution < -0.4 is 0 Å². The van der Waals surface area contributed by atoms with E-state index in [0.29, 0.717) is 6.61 Å². The normalized spacial score (nSPS) is 10.8. The summed E-state index contributed by atoms with van der Waals surface area (Å²) >= 11 is 0. The molecule has 0 aliphatic rings. The molecule has 0 saturated heterocycles. The molecular formula is C13H24O2. The Hall–Kier alpha value is -0.790. The summed E-state index contributed by atoms with van der Waals surface area (Å²) in [5.74, 6) is -0.195. The zero-order valence-electron chi connectivity index (χ0n) is 10.1. The number of carbonyl (C=O) groups excluding carboxylic acids is 1. The Morgan fingerprint density at radius 2 is 1.80 bits per heavy atom. The summed E-state index contributed by atoms with van der Waals surface area (Å²) in [5.41, 5.74) is 0. The minimum Gasteiger partial charge on any atom is -0.463 e. The van der Waals surface area contributed by atoms with Crippen LogP contribution in [0.2, 0.25) is 0 Å². The molecule has 0 heterocycles. The second-order valence-electron chi connectivity index (χ2n) is 3.77. The summed E-state index contributed by atoms with van der Waals surface area (Å²) < 4.78 is 5.04. The Morgan fingerprint density at radius 1 is 1.07 bits per heavy atom. The molecule has 0 saturated carbocycles. The van der Waals surface area contributed by atoms with E-state index in [1.54, 1.807) is 0 Å². The molecule has 15 heavy (non-hydrogen) atoms. The summed E-state index contributed by atoms with van der Waals surface area (Å²) in [6.45, 7) is 4.85. The topological polar surface area (TPSA) is 26.3 Å². The van der Waals surface area contributed by atoms with Crippen molar-refractivity contribution in [3.05, 3.63) is 12.2 Å². The van der Waals surface area contributed by atoms with E-state index in [-0.39, 0.29) is 5.97 Å². The lowest BCUT2D eigenvalue weighted by Gasteiger charge is -2.01. The predicted molar refractivity (Wildman–Crippen MR) is 63.8 cm³/mol. The third-order valence-electron chi connectivity index (χ3n) is 2.20. The Morgan fingerprint density at radius 3 is 2.47 bits per heavy atom. The van der Waals surface area contributed by atoms with Crippen LogP contribution >= 0.6 is 0 Å². The standard InChI is InChI=1S/C13H24O2/c1-3-5-7-8-10-12-15-13(14)11-9-6-4-2/h9,11H,3-8,10,12H2,1-2H3. The third kappa shape index (κ3) is 11.1. The number of hydrogen-bond donors (Lipinski definition) is 0. The first-order chi connectivity index (χ1) is 7.31. The monoisotopic (exact) mass is 212 g/mol. The van der Waals surface area contributed by atoms with Gasteiger partial charge in [-0.25, -0.2) is 4.79 Å². The number of allylic oxidation sites excluding steroid dienone is 1. The molecule has 0 bridgehead atoms. The van der Waals surface area contributed by atoms with Crippen LogP contribution in [0, 0.1) is 0 Å². The van der Waals surface area contributed by atoms with Crippen LogP contribution in [0.25, 0.3) is 0 Å². The molecule has 0 aliphatic carbocycles. The van der Waals surface area contributed by atoms with Crippen LogP contribution in [0.5, 0.6) is 0 Å². The Bertz CT molecular complexity index is 173. The predicted octanol–water partition coefficient (Wildman–Crippen LogP) is 3.86. The number of esters is 1. The van der Waals surface area contributed by atoms with Crippen LogP contribution in [-0.4, -0.2) is 12.6 Å². The highest BCUT2D eigenvalue weighted by molar-refractivity contribution is 5.81. The highest BCUT2D eigenvalue weighted by atomic mass is 16.5. The molecule has 0 spiro atoms. The van der Waals surface area contributed by atoms with Crippen LogP contribution in [0.4, 0.5) is 0 Å². The van der Waals surface area contributed by atoms with Gasteiger partial charge in [-0.15, -0.1) is 0 Å². The van der Waals surface area contributed by atoms with Crippen molar-refractivity contribution in [2.24, 2.45) is 0 Å². The maximum absolute atomic E-state index is 11.1. The zero-order chi connectivity index (χ0) is 11.4. The molecule has 0 aromatic heterocycles. The van der Waals surface area contributed by atoms with E-state index >= 15 is 0 Å². The molecular weight excluding hydrogens is 188 g/mol. The number of hydrogen-bond acceptors (Lipinski definition) is 2. The average Bonchev–Trinajstić information content (AvgIpc) is 2.23. The number of unbranched alkanes of at least 4 members (excludes halogenated alkanes) is 5. The smallest absolute Gasteiger partial charge is 0.330 e. The molecule has 88 valence electrons. The van der Waals surface area contributed by atoms with Gasteiger partial charge in [0.15, 0.2) is 0 Å². The van der Waals surface area contributed by atoms with Gasteiger partial charge in [0, 0.05) is 6.08 Å². The van der Waals surface area contributed by atoms with Crippen molar-refractivity contribution in [3.8, 4) is 0 Å². The van der Waals surface area contributed by atoms with Gasteiger partial charge in [0.05, 0.1) is 6.61 Å². The first-order valence-corrected chi connectivity index (χ1v) is 6.14. The molecule has 0 atom stereocenters. The summed E-state index contributed by atoms with van der Waals surface area (Å²) in [7, 11) is 0. The fourth-order valence-corrected chi connectivity index (χ4v) is 1.27. The Kier molecular flexibility index (Phi) is 10.7. The van der Waals surface area contributed by atoms with E-state index in [4.69, 9.17) is 4.74 Å². The number of carbonyl (C=O) groups is 1. The Balaban J connectivity index is 3.23. The van der Waals surface area contributed by atoms with Gasteiger partial charge in [0.1, 0.15) is 0 Å². The van der Waals surface area contributed by atoms with Gasteiger partial charge in [0.25, 0.3) is 0 Å². The molecule has 2 nitrogen and oxygen atoms in total. The quantitative estimate of drug-likeness (QED) is 0.329. The van der Waals surface area contributed by atoms with Gasteiger partial charge in [-0.3, -0.25) is 0 Å². The van der Waals surface area contributed by atoms with E-state index in [0.717, 1.165) is 19.3 Å². The van der Waals surface area contributed by atoms with E-state index in [1.165, 1.54) is 31.8 Å². The molecule has 0 fully saturated rings. The van der Waals surface area contributed by atoms with E-state index in [2.05, 4.69) is 13.8 Å². The minimum absolute atomic E-state index is 0.195. The maximum atomic E-state index is 11.1. The average molecular weight is 212 g/mol. The first-order valence-electron chi connectivity index (χ1n) is 6.14. The van der Waals surface area contributed by atoms with Gasteiger partial charge in [-0.05, 0) is 12.8 Å². The molecule has 0 rings (SSSR count). The molecule has 0 aliphatic heterocycles. The van der Waals surface area contributed by atoms with Crippen molar-refractivity contribution in [1.29, 1.82) is 0 Å². The van der Waals surface area contributed by atoms with Crippen LogP contribution in [0.3, 0.4) is 0 Å². The zero-order valence-corrected chi connectivity index (χ0v) is 10.1. The minimum atomic E-state index is -0.195. The van der Waals surface area contributed by atoms with Crippen LogP contribution in [-0.2, 0) is 9.53 Å². The lowest BCUT2D eigenvalue weighted by molar-refractivity contribution is -0.137. The summed E-state index contributed by atoms with van der Waals surface area (Å²) in [6, 6.07) is 0. The van der Waals surface area contributed by atoms with Gasteiger partial charge in [-0.2, -0.15) is 0 Å². The maximum Gasteiger partial charge on any atom is 0.330 e. The molecule has 0 aromatic rings. The highest BCUT2D eigenvalue weighted by Crippen LogP contribution is 2.02. The lowest BCUT2D eigenvalue weighted by Crippen LogP contribution is -2.02. The van der Waals surface area contributed by atoms with Crippen LogP contribution in [0.1, 0.15) is 58.8 Å². The summed E-state index contributed by atoms with van der Waals surface area (Å²) in [4.78, 5) is 11.1. The van der Waals surface area contributed by atoms with Gasteiger partial charge < -0.3 is 4.74 Å². The molecule has 0 unspecified atom stereocenters. The Labute approximate surface area is 93.7 Å². The second kappa shape index (κ2) is 11.3. The van der Waals surface area contributed by atoms with Crippen molar-refractivity contribution >= 4 is 5.97 Å². The van der Waals surface area contributed by atoms with Crippen molar-refractivity contribution in [3.63, 3.8) is 0 Å². The first kappa shape index (κ1) is 14.2. The fraction of sp³-hybridized carbons (Fsp3) is 0.769. The molecule has 0 radical (unpaired) electrons. The molecule has 2 heteroatoms. The molecule has 0 amide bonds. The third-order valence-corrected chi connectivity index (χ3v) is 2.20. The lowest BCUT2D eigenvalue weighted by atomic mass is 10.2. The van der Waals surface area contributed by atoms with E-state index < -0.39 is 0 Å². The van der Waals surface area contributed by atoms with Crippen molar-refractivity contribution in [2.45, 2.75) is 58.8 Å². The SMILES string of the molecule is CCCC=CC(=O)OCCCCCCC. The van der Waals surface area contributed by atoms with Gasteiger partial charge in [0.2, 0.25) is 0 Å². The highest BCUT2D eigenvalue weighted by Gasteiger charge is 1.95. The van der Waals surface area contributed by atoms with E-state index in [1.807, 2.05) is 6.08 Å². The molecule has 0 N–H and O–H groups in total. The van der Waals surface area contributed by atoms with Gasteiger partial charge in [-0.1, -0.05) is 52.0 Å². The molecule has 0 aromatic carbocycles. The van der Waals surface area contributed by atoms with Crippen LogP contribution in [0.15, 0.2) is 12.2 Å². The van der Waals surface area contributed by atoms with E-state index in [9.17, 15) is 4.79 Å².